The molecule has 4 aliphatic rings. The topological polar surface area (TPSA) is 127 Å². The van der Waals surface area contributed by atoms with Crippen LogP contribution in [0.4, 0.5) is 0 Å². The number of carbonyl (C=O) groups excluding carboxylic acids is 2. The van der Waals surface area contributed by atoms with Gasteiger partial charge < -0.3 is 26.0 Å². The van der Waals surface area contributed by atoms with E-state index in [9.17, 15) is 24.9 Å². The van der Waals surface area contributed by atoms with Gasteiger partial charge in [-0.25, -0.2) is 0 Å². The average molecular weight is 610 g/mol. The molecular weight excluding hydrogens is 566 g/mol. The minimum Gasteiger partial charge on any atom is -0.510 e. The van der Waals surface area contributed by atoms with Gasteiger partial charge in [0.05, 0.1) is 22.6 Å². The Hall–Kier alpha value is -4.10. The molecule has 1 fully saturated rings. The minimum absolute atomic E-state index is 0.0708. The third-order valence-corrected chi connectivity index (χ3v) is 10.4. The van der Waals surface area contributed by atoms with Gasteiger partial charge in [-0.15, -0.1) is 5.73 Å². The Morgan fingerprint density at radius 1 is 1.13 bits per heavy atom. The highest BCUT2D eigenvalue weighted by atomic mass is 16.3. The summed E-state index contributed by atoms with van der Waals surface area (Å²) in [6, 6.07) is 11.2. The molecule has 6 rings (SSSR count). The van der Waals surface area contributed by atoms with Crippen LogP contribution < -0.4 is 5.73 Å². The van der Waals surface area contributed by atoms with Crippen LogP contribution in [0, 0.1) is 23.2 Å². The van der Waals surface area contributed by atoms with Gasteiger partial charge >= 0.3 is 0 Å². The second-order valence-electron chi connectivity index (χ2n) is 13.9. The summed E-state index contributed by atoms with van der Waals surface area (Å²) in [7, 11) is 5.75. The minimum atomic E-state index is -1.23. The number of hydrogen-bond acceptors (Lipinski definition) is 7. The normalized spacial score (nSPS) is 25.4. The smallest absolute Gasteiger partial charge is 0.253 e. The van der Waals surface area contributed by atoms with Crippen molar-refractivity contribution in [3.8, 4) is 16.9 Å². The zero-order valence-electron chi connectivity index (χ0n) is 26.9. The Morgan fingerprint density at radius 3 is 2.51 bits per heavy atom. The zero-order chi connectivity index (χ0) is 32.5. The molecule has 0 heterocycles. The van der Waals surface area contributed by atoms with Crippen molar-refractivity contribution in [2.24, 2.45) is 28.9 Å². The lowest BCUT2D eigenvalue weighted by molar-refractivity contribution is -0.129. The summed E-state index contributed by atoms with van der Waals surface area (Å²) in [4.78, 5) is 31.4. The molecule has 1 amide bonds. The van der Waals surface area contributed by atoms with Crippen molar-refractivity contribution >= 4 is 17.4 Å². The first-order valence-corrected chi connectivity index (χ1v) is 15.8. The summed E-state index contributed by atoms with van der Waals surface area (Å²) in [5, 5.41) is 34.3. The first-order valence-electron chi connectivity index (χ1n) is 15.8. The number of carbonyl (C=O) groups is 2. The molecule has 0 radical (unpaired) electrons. The number of benzene rings is 2. The summed E-state index contributed by atoms with van der Waals surface area (Å²) in [5.74, 6) is -1.69. The van der Waals surface area contributed by atoms with Crippen LogP contribution in [0.25, 0.3) is 16.9 Å². The first-order chi connectivity index (χ1) is 21.3. The number of amides is 1. The Balaban J connectivity index is 1.44. The van der Waals surface area contributed by atoms with Crippen LogP contribution in [0.1, 0.15) is 50.3 Å². The number of hydrogen-bond donors (Lipinski definition) is 4. The van der Waals surface area contributed by atoms with Gasteiger partial charge in [0.25, 0.3) is 5.91 Å². The van der Waals surface area contributed by atoms with Crippen molar-refractivity contribution in [1.29, 1.82) is 0 Å². The molecule has 0 bridgehead atoms. The van der Waals surface area contributed by atoms with Crippen molar-refractivity contribution < 1.29 is 24.9 Å². The molecule has 5 N–H and O–H groups in total. The van der Waals surface area contributed by atoms with Gasteiger partial charge in [-0.3, -0.25) is 14.5 Å². The Morgan fingerprint density at radius 2 is 1.87 bits per heavy atom. The van der Waals surface area contributed by atoms with E-state index in [-0.39, 0.29) is 45.7 Å². The van der Waals surface area contributed by atoms with Gasteiger partial charge in [0, 0.05) is 23.6 Å². The van der Waals surface area contributed by atoms with Crippen molar-refractivity contribution in [3.05, 3.63) is 86.9 Å². The van der Waals surface area contributed by atoms with Crippen LogP contribution in [0.15, 0.2) is 70.2 Å². The van der Waals surface area contributed by atoms with E-state index in [0.717, 1.165) is 36.2 Å². The lowest BCUT2D eigenvalue weighted by Crippen LogP contribution is -2.61. The van der Waals surface area contributed by atoms with E-state index in [0.29, 0.717) is 29.9 Å². The molecule has 0 unspecified atom stereocenters. The maximum atomic E-state index is 14.7. The second kappa shape index (κ2) is 11.1. The molecule has 4 atom stereocenters. The highest BCUT2D eigenvalue weighted by molar-refractivity contribution is 6.15. The first kappa shape index (κ1) is 30.9. The Labute approximate surface area is 264 Å². The number of likely N-dealkylation sites (N-methyl/N-ethyl adjacent to an activating group) is 1. The number of aliphatic hydroxyl groups excluding tert-OH is 2. The number of aliphatic hydroxyl groups is 2. The fourth-order valence-electron chi connectivity index (χ4n) is 8.33. The standard InChI is InChI=1S/C37H43N3O5/c1-19(2)12-13-40(6)18-21-8-7-9-22(15-21)24-10-11-28(41)30-25(24)16-23-17-27-32(39(4)5)34(43)31(36(38)45)26-14-20(3)37(26,27)35(44)29(23)33(30)42/h7-11,15,19,23,27,32,41-43H,12-13,16-18H2,1-6H3,(H2,38,45)/t23-,27-,32-,37+/m0/s1. The molecule has 8 heteroatoms. The Bertz CT molecular complexity index is 1760. The highest BCUT2D eigenvalue weighted by Crippen LogP contribution is 2.64. The SMILES string of the molecule is CC1=C=C2C(C(N)=O)=C(O)[C@@H](N(C)C)[C@@H]3C[C@@H]4Cc5c(-c6cccc(CN(C)CCC(C)C)c6)ccc(O)c5C(O)=C4C(=O)[C@]123. The number of primary amides is 1. The summed E-state index contributed by atoms with van der Waals surface area (Å²) < 4.78 is 0. The summed E-state index contributed by atoms with van der Waals surface area (Å²) in [6.07, 6.45) is 2.03. The number of Topliss-reactive ketones (excluding diaryl/α,β-unsaturated/α-hetero) is 1. The molecule has 8 nitrogen and oxygen atoms in total. The maximum Gasteiger partial charge on any atom is 0.253 e. The van der Waals surface area contributed by atoms with Crippen molar-refractivity contribution in [1.82, 2.24) is 9.80 Å². The molecule has 0 aliphatic heterocycles. The fourth-order valence-corrected chi connectivity index (χ4v) is 8.33. The molecule has 2 aromatic rings. The predicted octanol–water partition coefficient (Wildman–Crippen LogP) is 5.28. The van der Waals surface area contributed by atoms with Gasteiger partial charge in [0.2, 0.25) is 0 Å². The van der Waals surface area contributed by atoms with Gasteiger partial charge in [-0.05, 0) is 106 Å². The monoisotopic (exact) mass is 609 g/mol. The predicted molar refractivity (Wildman–Crippen MR) is 174 cm³/mol. The molecule has 0 aromatic heterocycles. The summed E-state index contributed by atoms with van der Waals surface area (Å²) >= 11 is 0. The maximum absolute atomic E-state index is 14.7. The third kappa shape index (κ3) is 4.58. The number of fused-ring (bicyclic) bond motifs is 2. The summed E-state index contributed by atoms with van der Waals surface area (Å²) in [5.41, 5.74) is 12.9. The zero-order valence-corrected chi connectivity index (χ0v) is 26.9. The van der Waals surface area contributed by atoms with Gasteiger partial charge in [0.1, 0.15) is 17.3 Å². The van der Waals surface area contributed by atoms with Crippen LogP contribution in [-0.2, 0) is 22.6 Å². The van der Waals surface area contributed by atoms with Crippen LogP contribution in [0.3, 0.4) is 0 Å². The molecule has 1 saturated carbocycles. The average Bonchev–Trinajstić information content (AvgIpc) is 2.95. The van der Waals surface area contributed by atoms with E-state index in [1.807, 2.05) is 37.2 Å². The van der Waals surface area contributed by atoms with E-state index >= 15 is 0 Å². The lowest BCUT2D eigenvalue weighted by atomic mass is 9.45. The van der Waals surface area contributed by atoms with Crippen molar-refractivity contribution in [3.63, 3.8) is 0 Å². The third-order valence-electron chi connectivity index (χ3n) is 10.4. The lowest BCUT2D eigenvalue weighted by Gasteiger charge is -2.57. The van der Waals surface area contributed by atoms with Gasteiger partial charge in [0.15, 0.2) is 5.78 Å². The second-order valence-corrected chi connectivity index (χ2v) is 13.9. The number of aromatic hydroxyl groups is 1. The van der Waals surface area contributed by atoms with E-state index in [2.05, 4.69) is 43.7 Å². The number of nitrogens with two attached hydrogens (primary N) is 1. The molecule has 4 aliphatic carbocycles. The van der Waals surface area contributed by atoms with E-state index in [4.69, 9.17) is 5.73 Å². The van der Waals surface area contributed by atoms with E-state index < -0.39 is 23.3 Å². The van der Waals surface area contributed by atoms with Gasteiger partial charge in [-0.2, -0.15) is 0 Å². The molecular formula is C37H43N3O5. The van der Waals surface area contributed by atoms with Crippen LogP contribution >= 0.6 is 0 Å². The largest absolute Gasteiger partial charge is 0.510 e. The molecule has 2 aromatic carbocycles. The van der Waals surface area contributed by atoms with Crippen LogP contribution in [0.2, 0.25) is 0 Å². The molecule has 45 heavy (non-hydrogen) atoms. The van der Waals surface area contributed by atoms with Crippen molar-refractivity contribution in [2.45, 2.75) is 52.6 Å². The van der Waals surface area contributed by atoms with E-state index in [1.54, 1.807) is 13.0 Å². The number of phenolic OH excluding ortho intramolecular Hbond substituents is 1. The number of phenols is 1. The van der Waals surface area contributed by atoms with Gasteiger partial charge in [-0.1, -0.05) is 38.1 Å². The van der Waals surface area contributed by atoms with Crippen LogP contribution in [-0.4, -0.2) is 70.5 Å². The fraction of sp³-hybridized carbons (Fsp3) is 0.432. The number of rotatable bonds is 8. The van der Waals surface area contributed by atoms with Crippen LogP contribution in [0.5, 0.6) is 5.75 Å². The van der Waals surface area contributed by atoms with E-state index in [1.165, 1.54) is 5.56 Å². The highest BCUT2D eigenvalue weighted by Gasteiger charge is 2.66. The molecule has 1 spiro atoms. The number of ketones is 1. The Kier molecular flexibility index (Phi) is 7.59. The quantitative estimate of drug-likeness (QED) is 0.300. The number of nitrogens with zero attached hydrogens (tertiary/aromatic N) is 2. The summed E-state index contributed by atoms with van der Waals surface area (Å²) in [6.45, 7) is 8.06. The molecule has 236 valence electrons. The van der Waals surface area contributed by atoms with Crippen molar-refractivity contribution in [2.75, 3.05) is 27.7 Å². The molecule has 0 saturated heterocycles. The number of allylic oxidation sites excluding steroid dienone is 1.